The molecule has 0 atom stereocenters. The zero-order valence-corrected chi connectivity index (χ0v) is 12.9. The molecule has 0 spiro atoms. The van der Waals surface area contributed by atoms with Gasteiger partial charge < -0.3 is 16.4 Å². The van der Waals surface area contributed by atoms with Gasteiger partial charge in [-0.2, -0.15) is 5.10 Å². The summed E-state index contributed by atoms with van der Waals surface area (Å²) in [4.78, 5) is 20.7. The van der Waals surface area contributed by atoms with E-state index in [0.717, 1.165) is 13.0 Å². The number of thiazole rings is 1. The Morgan fingerprint density at radius 2 is 2.29 bits per heavy atom. The molecule has 1 amide bonds. The molecular weight excluding hydrogens is 290 g/mol. The Bertz CT molecular complexity index is 607. The van der Waals surface area contributed by atoms with Gasteiger partial charge in [-0.1, -0.05) is 18.3 Å². The Hall–Kier alpha value is -2.16. The lowest BCUT2D eigenvalue weighted by atomic mass is 10.4. The van der Waals surface area contributed by atoms with Gasteiger partial charge in [0.15, 0.2) is 11.0 Å². The fraction of sp³-hybridized carbons (Fsp3) is 0.500. The van der Waals surface area contributed by atoms with Gasteiger partial charge in [-0.15, -0.1) is 0 Å². The van der Waals surface area contributed by atoms with E-state index in [1.807, 2.05) is 0 Å². The largest absolute Gasteiger partial charge is 0.382 e. The predicted molar refractivity (Wildman–Crippen MR) is 82.3 cm³/mol. The second kappa shape index (κ2) is 7.02. The number of anilines is 2. The minimum atomic E-state index is -0.217. The SMILES string of the molecule is CCCNc1nc(N)c(C(=O)NCCc2ncn(C)n2)s1. The van der Waals surface area contributed by atoms with Crippen molar-refractivity contribution < 1.29 is 4.79 Å². The van der Waals surface area contributed by atoms with Gasteiger partial charge in [-0.05, 0) is 6.42 Å². The highest BCUT2D eigenvalue weighted by Crippen LogP contribution is 2.24. The maximum atomic E-state index is 12.1. The third-order valence-electron chi connectivity index (χ3n) is 2.67. The molecule has 0 saturated heterocycles. The zero-order valence-electron chi connectivity index (χ0n) is 12.1. The molecule has 2 aromatic rings. The maximum Gasteiger partial charge on any atom is 0.265 e. The van der Waals surface area contributed by atoms with E-state index in [0.29, 0.717) is 28.8 Å². The third kappa shape index (κ3) is 4.15. The van der Waals surface area contributed by atoms with Crippen LogP contribution >= 0.6 is 11.3 Å². The monoisotopic (exact) mass is 309 g/mol. The van der Waals surface area contributed by atoms with Gasteiger partial charge in [0.2, 0.25) is 0 Å². The molecule has 0 aliphatic carbocycles. The van der Waals surface area contributed by atoms with Gasteiger partial charge >= 0.3 is 0 Å². The van der Waals surface area contributed by atoms with E-state index in [4.69, 9.17) is 5.73 Å². The molecule has 9 heteroatoms. The lowest BCUT2D eigenvalue weighted by Gasteiger charge is -2.01. The van der Waals surface area contributed by atoms with Crippen molar-refractivity contribution in [3.63, 3.8) is 0 Å². The van der Waals surface area contributed by atoms with Crippen LogP contribution in [0.2, 0.25) is 0 Å². The number of carbonyl (C=O) groups excluding carboxylic acids is 1. The Morgan fingerprint density at radius 3 is 2.95 bits per heavy atom. The van der Waals surface area contributed by atoms with Gasteiger partial charge in [0, 0.05) is 26.6 Å². The smallest absolute Gasteiger partial charge is 0.265 e. The Labute approximate surface area is 126 Å². The van der Waals surface area contributed by atoms with Crippen molar-refractivity contribution in [2.24, 2.45) is 7.05 Å². The summed E-state index contributed by atoms with van der Waals surface area (Å²) in [7, 11) is 1.80. The highest BCUT2D eigenvalue weighted by atomic mass is 32.1. The number of aryl methyl sites for hydroxylation is 1. The number of rotatable bonds is 7. The third-order valence-corrected chi connectivity index (χ3v) is 3.69. The second-order valence-electron chi connectivity index (χ2n) is 4.50. The van der Waals surface area contributed by atoms with Crippen molar-refractivity contribution >= 4 is 28.2 Å². The molecule has 0 radical (unpaired) electrons. The first kappa shape index (κ1) is 15.2. The summed E-state index contributed by atoms with van der Waals surface area (Å²) >= 11 is 1.26. The topological polar surface area (TPSA) is 111 Å². The first-order valence-corrected chi connectivity index (χ1v) is 7.54. The Kier molecular flexibility index (Phi) is 5.09. The molecule has 21 heavy (non-hydrogen) atoms. The van der Waals surface area contributed by atoms with Gasteiger partial charge in [0.25, 0.3) is 5.91 Å². The van der Waals surface area contributed by atoms with Crippen molar-refractivity contribution in [2.45, 2.75) is 19.8 Å². The number of amides is 1. The van der Waals surface area contributed by atoms with Crippen molar-refractivity contribution in [2.75, 3.05) is 24.1 Å². The van der Waals surface area contributed by atoms with Crippen LogP contribution in [0.4, 0.5) is 10.9 Å². The fourth-order valence-corrected chi connectivity index (χ4v) is 2.50. The summed E-state index contributed by atoms with van der Waals surface area (Å²) in [6.07, 6.45) is 3.19. The van der Waals surface area contributed by atoms with Crippen molar-refractivity contribution in [1.29, 1.82) is 0 Å². The van der Waals surface area contributed by atoms with Crippen LogP contribution in [0, 0.1) is 0 Å². The van der Waals surface area contributed by atoms with E-state index in [2.05, 4.69) is 32.6 Å². The number of nitrogens with zero attached hydrogens (tertiary/aromatic N) is 4. The van der Waals surface area contributed by atoms with Gasteiger partial charge in [0.1, 0.15) is 17.0 Å². The molecule has 0 fully saturated rings. The minimum Gasteiger partial charge on any atom is -0.382 e. The van der Waals surface area contributed by atoms with Crippen LogP contribution < -0.4 is 16.4 Å². The molecule has 2 heterocycles. The van der Waals surface area contributed by atoms with Crippen LogP contribution in [0.25, 0.3) is 0 Å². The quantitative estimate of drug-likeness (QED) is 0.692. The normalized spacial score (nSPS) is 10.6. The molecule has 0 aromatic carbocycles. The lowest BCUT2D eigenvalue weighted by Crippen LogP contribution is -2.25. The minimum absolute atomic E-state index is 0.217. The van der Waals surface area contributed by atoms with E-state index in [1.54, 1.807) is 18.1 Å². The lowest BCUT2D eigenvalue weighted by molar-refractivity contribution is 0.0958. The van der Waals surface area contributed by atoms with Crippen molar-refractivity contribution in [1.82, 2.24) is 25.1 Å². The molecule has 0 unspecified atom stereocenters. The maximum absolute atomic E-state index is 12.1. The zero-order chi connectivity index (χ0) is 15.2. The molecule has 114 valence electrons. The summed E-state index contributed by atoms with van der Waals surface area (Å²) in [5, 5.41) is 10.7. The van der Waals surface area contributed by atoms with Crippen molar-refractivity contribution in [3.05, 3.63) is 17.0 Å². The van der Waals surface area contributed by atoms with Crippen LogP contribution in [0.3, 0.4) is 0 Å². The van der Waals surface area contributed by atoms with E-state index >= 15 is 0 Å². The van der Waals surface area contributed by atoms with Crippen LogP contribution in [0.5, 0.6) is 0 Å². The average Bonchev–Trinajstić information content (AvgIpc) is 3.02. The summed E-state index contributed by atoms with van der Waals surface area (Å²) in [5.74, 6) is 0.734. The highest BCUT2D eigenvalue weighted by Gasteiger charge is 2.15. The number of aromatic nitrogens is 4. The van der Waals surface area contributed by atoms with E-state index in [9.17, 15) is 4.79 Å². The fourth-order valence-electron chi connectivity index (χ4n) is 1.67. The van der Waals surface area contributed by atoms with Crippen LogP contribution in [-0.4, -0.2) is 38.7 Å². The van der Waals surface area contributed by atoms with Crippen molar-refractivity contribution in [3.8, 4) is 0 Å². The first-order valence-electron chi connectivity index (χ1n) is 6.73. The van der Waals surface area contributed by atoms with Crippen LogP contribution in [0.15, 0.2) is 6.33 Å². The summed E-state index contributed by atoms with van der Waals surface area (Å²) in [6.45, 7) is 3.32. The molecule has 0 saturated carbocycles. The molecule has 8 nitrogen and oxygen atoms in total. The number of nitrogen functional groups attached to an aromatic ring is 1. The van der Waals surface area contributed by atoms with Gasteiger partial charge in [0.05, 0.1) is 0 Å². The second-order valence-corrected chi connectivity index (χ2v) is 5.50. The summed E-state index contributed by atoms with van der Waals surface area (Å²) in [5.41, 5.74) is 5.77. The molecule has 2 aromatic heterocycles. The number of carbonyl (C=O) groups is 1. The molecule has 0 aliphatic heterocycles. The predicted octanol–water partition coefficient (Wildman–Crippen LogP) is 0.648. The van der Waals surface area contributed by atoms with E-state index in [-0.39, 0.29) is 11.7 Å². The number of nitrogens with one attached hydrogen (secondary N) is 2. The molecular formula is C12H19N7OS. The van der Waals surface area contributed by atoms with E-state index in [1.165, 1.54) is 11.3 Å². The van der Waals surface area contributed by atoms with Crippen LogP contribution in [0.1, 0.15) is 28.8 Å². The number of hydrogen-bond donors (Lipinski definition) is 3. The van der Waals surface area contributed by atoms with E-state index < -0.39 is 0 Å². The summed E-state index contributed by atoms with van der Waals surface area (Å²) < 4.78 is 1.63. The Morgan fingerprint density at radius 1 is 1.48 bits per heavy atom. The highest BCUT2D eigenvalue weighted by molar-refractivity contribution is 7.18. The molecule has 0 aliphatic rings. The average molecular weight is 309 g/mol. The molecule has 0 bridgehead atoms. The molecule has 4 N–H and O–H groups in total. The van der Waals surface area contributed by atoms with Crippen LogP contribution in [-0.2, 0) is 13.5 Å². The Balaban J connectivity index is 1.86. The summed E-state index contributed by atoms with van der Waals surface area (Å²) in [6, 6.07) is 0. The first-order chi connectivity index (χ1) is 10.1. The standard InChI is InChI=1S/C12H19N7OS/c1-3-5-15-12-17-10(13)9(21-12)11(20)14-6-4-8-16-7-19(2)18-8/h7H,3-6,13H2,1-2H3,(H,14,20)(H,15,17). The number of nitrogens with two attached hydrogens (primary N) is 1. The molecule has 2 rings (SSSR count). The van der Waals surface area contributed by atoms with Gasteiger partial charge in [-0.3, -0.25) is 9.48 Å². The number of hydrogen-bond acceptors (Lipinski definition) is 7. The van der Waals surface area contributed by atoms with Gasteiger partial charge in [-0.25, -0.2) is 9.97 Å².